The van der Waals surface area contributed by atoms with Gasteiger partial charge in [-0.1, -0.05) is 24.3 Å². The lowest BCUT2D eigenvalue weighted by Gasteiger charge is -2.04. The molecule has 0 atom stereocenters. The van der Waals surface area contributed by atoms with Gasteiger partial charge in [0.1, 0.15) is 17.6 Å². The van der Waals surface area contributed by atoms with Crippen LogP contribution in [0.5, 0.6) is 0 Å². The first kappa shape index (κ1) is 9.73. The number of hydrogen-bond acceptors (Lipinski definition) is 2. The molecule has 0 aliphatic carbocycles. The van der Waals surface area contributed by atoms with Gasteiger partial charge in [0, 0.05) is 10.8 Å². The second-order valence-corrected chi connectivity index (χ2v) is 3.78. The molecule has 0 saturated heterocycles. The van der Waals surface area contributed by atoms with Crippen molar-refractivity contribution in [1.29, 1.82) is 5.26 Å². The van der Waals surface area contributed by atoms with Crippen LogP contribution in [0.3, 0.4) is 0 Å². The molecule has 3 heteroatoms. The van der Waals surface area contributed by atoms with E-state index in [9.17, 15) is 4.39 Å². The number of nitriles is 1. The molecule has 3 aromatic rings. The van der Waals surface area contributed by atoms with Crippen molar-refractivity contribution in [3.63, 3.8) is 0 Å². The number of hydrogen-bond donors (Lipinski definition) is 0. The van der Waals surface area contributed by atoms with Crippen LogP contribution in [0.25, 0.3) is 21.7 Å². The van der Waals surface area contributed by atoms with E-state index in [2.05, 4.69) is 4.98 Å². The van der Waals surface area contributed by atoms with E-state index in [-0.39, 0.29) is 11.5 Å². The summed E-state index contributed by atoms with van der Waals surface area (Å²) in [5, 5.41) is 11.4. The molecule has 2 aromatic carbocycles. The molecule has 0 unspecified atom stereocenters. The lowest BCUT2D eigenvalue weighted by molar-refractivity contribution is 0.629. The number of benzene rings is 2. The number of pyridine rings is 1. The zero-order chi connectivity index (χ0) is 11.8. The third-order valence-electron chi connectivity index (χ3n) is 2.77. The largest absolute Gasteiger partial charge is 0.236 e. The molecule has 0 bridgehead atoms. The van der Waals surface area contributed by atoms with Crippen LogP contribution in [0.2, 0.25) is 0 Å². The summed E-state index contributed by atoms with van der Waals surface area (Å²) in [6, 6.07) is 14.0. The topological polar surface area (TPSA) is 36.7 Å². The average molecular weight is 222 g/mol. The summed E-state index contributed by atoms with van der Waals surface area (Å²) in [6.45, 7) is 0. The van der Waals surface area contributed by atoms with Crippen LogP contribution in [-0.4, -0.2) is 4.98 Å². The molecule has 1 heterocycles. The van der Waals surface area contributed by atoms with Crippen LogP contribution >= 0.6 is 0 Å². The number of fused-ring (bicyclic) bond motifs is 3. The summed E-state index contributed by atoms with van der Waals surface area (Å²) in [5.41, 5.74) is 1.02. The van der Waals surface area contributed by atoms with Gasteiger partial charge in [-0.3, -0.25) is 0 Å². The van der Waals surface area contributed by atoms with Gasteiger partial charge in [-0.25, -0.2) is 9.37 Å². The molecule has 0 N–H and O–H groups in total. The summed E-state index contributed by atoms with van der Waals surface area (Å²) >= 11 is 0. The number of halogens is 1. The number of rotatable bonds is 0. The highest BCUT2D eigenvalue weighted by atomic mass is 19.1. The Labute approximate surface area is 96.9 Å². The zero-order valence-electron chi connectivity index (χ0n) is 8.81. The number of para-hydroxylation sites is 1. The van der Waals surface area contributed by atoms with Gasteiger partial charge < -0.3 is 0 Å². The minimum Gasteiger partial charge on any atom is -0.236 e. The molecule has 2 nitrogen and oxygen atoms in total. The summed E-state index contributed by atoms with van der Waals surface area (Å²) < 4.78 is 13.2. The first-order valence-electron chi connectivity index (χ1n) is 5.18. The molecular formula is C14H7FN2. The second-order valence-electron chi connectivity index (χ2n) is 3.78. The Morgan fingerprint density at radius 2 is 1.82 bits per heavy atom. The van der Waals surface area contributed by atoms with Crippen molar-refractivity contribution in [2.45, 2.75) is 0 Å². The van der Waals surface area contributed by atoms with Crippen molar-refractivity contribution in [3.05, 3.63) is 54.0 Å². The van der Waals surface area contributed by atoms with E-state index in [0.29, 0.717) is 5.39 Å². The van der Waals surface area contributed by atoms with Crippen LogP contribution in [-0.2, 0) is 0 Å². The summed E-state index contributed by atoms with van der Waals surface area (Å²) in [7, 11) is 0. The fourth-order valence-electron chi connectivity index (χ4n) is 2.01. The SMILES string of the molecule is N#Cc1nc2ccccc2c2ccc(F)cc12. The van der Waals surface area contributed by atoms with Crippen LogP contribution in [0.15, 0.2) is 42.5 Å². The van der Waals surface area contributed by atoms with Gasteiger partial charge in [-0.05, 0) is 23.6 Å². The summed E-state index contributed by atoms with van der Waals surface area (Å²) in [6.07, 6.45) is 0. The van der Waals surface area contributed by atoms with Gasteiger partial charge in [0.05, 0.1) is 5.52 Å². The van der Waals surface area contributed by atoms with E-state index >= 15 is 0 Å². The molecule has 0 spiro atoms. The maximum Gasteiger partial charge on any atom is 0.149 e. The van der Waals surface area contributed by atoms with Crippen molar-refractivity contribution in [3.8, 4) is 6.07 Å². The van der Waals surface area contributed by atoms with Crippen LogP contribution in [0.1, 0.15) is 5.69 Å². The monoisotopic (exact) mass is 222 g/mol. The number of aromatic nitrogens is 1. The van der Waals surface area contributed by atoms with E-state index in [1.165, 1.54) is 12.1 Å². The maximum atomic E-state index is 13.2. The molecule has 17 heavy (non-hydrogen) atoms. The van der Waals surface area contributed by atoms with Crippen molar-refractivity contribution < 1.29 is 4.39 Å². The van der Waals surface area contributed by atoms with Crippen molar-refractivity contribution in [1.82, 2.24) is 4.98 Å². The minimum atomic E-state index is -0.355. The van der Waals surface area contributed by atoms with Crippen LogP contribution in [0.4, 0.5) is 4.39 Å². The quantitative estimate of drug-likeness (QED) is 0.546. The molecule has 0 aliphatic rings. The van der Waals surface area contributed by atoms with E-state index in [1.54, 1.807) is 6.07 Å². The third kappa shape index (κ3) is 1.42. The first-order chi connectivity index (χ1) is 8.29. The Morgan fingerprint density at radius 3 is 2.65 bits per heavy atom. The average Bonchev–Trinajstić information content (AvgIpc) is 2.37. The normalized spacial score (nSPS) is 10.6. The summed E-state index contributed by atoms with van der Waals surface area (Å²) in [4.78, 5) is 4.24. The fourth-order valence-corrected chi connectivity index (χ4v) is 2.01. The maximum absolute atomic E-state index is 13.2. The van der Waals surface area contributed by atoms with Gasteiger partial charge in [-0.2, -0.15) is 5.26 Å². The van der Waals surface area contributed by atoms with E-state index in [1.807, 2.05) is 30.3 Å². The molecule has 3 rings (SSSR count). The Morgan fingerprint density at radius 1 is 1.00 bits per heavy atom. The first-order valence-corrected chi connectivity index (χ1v) is 5.18. The highest BCUT2D eigenvalue weighted by Gasteiger charge is 2.08. The van der Waals surface area contributed by atoms with Crippen molar-refractivity contribution in [2.75, 3.05) is 0 Å². The van der Waals surface area contributed by atoms with Gasteiger partial charge in [0.25, 0.3) is 0 Å². The standard InChI is InChI=1S/C14H7FN2/c15-9-5-6-10-11-3-1-2-4-13(11)17-14(8-16)12(10)7-9/h1-7H. The summed E-state index contributed by atoms with van der Waals surface area (Å²) in [5.74, 6) is -0.355. The fraction of sp³-hybridized carbons (Fsp3) is 0. The minimum absolute atomic E-state index is 0.262. The van der Waals surface area contributed by atoms with Crippen molar-refractivity contribution in [2.24, 2.45) is 0 Å². The van der Waals surface area contributed by atoms with Gasteiger partial charge >= 0.3 is 0 Å². The van der Waals surface area contributed by atoms with Crippen molar-refractivity contribution >= 4 is 21.7 Å². The lowest BCUT2D eigenvalue weighted by Crippen LogP contribution is -1.89. The van der Waals surface area contributed by atoms with E-state index < -0.39 is 0 Å². The molecule has 0 amide bonds. The van der Waals surface area contributed by atoms with E-state index in [0.717, 1.165) is 16.3 Å². The predicted molar refractivity (Wildman–Crippen MR) is 63.9 cm³/mol. The highest BCUT2D eigenvalue weighted by Crippen LogP contribution is 2.26. The lowest BCUT2D eigenvalue weighted by atomic mass is 10.0. The second kappa shape index (κ2) is 3.53. The molecule has 0 aliphatic heterocycles. The van der Waals surface area contributed by atoms with E-state index in [4.69, 9.17) is 5.26 Å². The third-order valence-corrected chi connectivity index (χ3v) is 2.77. The van der Waals surface area contributed by atoms with Crippen LogP contribution < -0.4 is 0 Å². The molecule has 0 radical (unpaired) electrons. The highest BCUT2D eigenvalue weighted by molar-refractivity contribution is 6.07. The Bertz CT molecular complexity index is 772. The van der Waals surface area contributed by atoms with Gasteiger partial charge in [-0.15, -0.1) is 0 Å². The molecule has 0 fully saturated rings. The van der Waals surface area contributed by atoms with Crippen LogP contribution in [0, 0.1) is 17.1 Å². The molecule has 80 valence electrons. The Hall–Kier alpha value is -2.47. The molecule has 0 saturated carbocycles. The Balaban J connectivity index is 2.61. The predicted octanol–water partition coefficient (Wildman–Crippen LogP) is 3.40. The molecular weight excluding hydrogens is 215 g/mol. The number of nitrogens with zero attached hydrogens (tertiary/aromatic N) is 2. The van der Waals surface area contributed by atoms with Gasteiger partial charge in [0.2, 0.25) is 0 Å². The smallest absolute Gasteiger partial charge is 0.149 e. The zero-order valence-corrected chi connectivity index (χ0v) is 8.81. The Kier molecular flexibility index (Phi) is 2.02. The molecule has 1 aromatic heterocycles. The van der Waals surface area contributed by atoms with Gasteiger partial charge in [0.15, 0.2) is 0 Å².